The van der Waals surface area contributed by atoms with Crippen molar-refractivity contribution in [1.29, 1.82) is 0 Å². The molecule has 5 heteroatoms. The van der Waals surface area contributed by atoms with Gasteiger partial charge in [-0.3, -0.25) is 0 Å². The van der Waals surface area contributed by atoms with E-state index in [0.29, 0.717) is 12.1 Å². The van der Waals surface area contributed by atoms with E-state index < -0.39 is 0 Å². The molecule has 0 aromatic heterocycles. The minimum Gasteiger partial charge on any atom is -1.00 e. The van der Waals surface area contributed by atoms with E-state index in [1.807, 2.05) is 0 Å². The number of halogens is 2. The third-order valence-electron chi connectivity index (χ3n) is 1.24. The van der Waals surface area contributed by atoms with Crippen molar-refractivity contribution in [2.75, 3.05) is 0 Å². The second kappa shape index (κ2) is 10.2. The average Bonchev–Trinajstić information content (AvgIpc) is 2.47. The van der Waals surface area contributed by atoms with Gasteiger partial charge in [-0.15, -0.1) is 0 Å². The number of hydrogen-bond donors (Lipinski definition) is 2. The second-order valence-electron chi connectivity index (χ2n) is 2.67. The molecule has 11 heavy (non-hydrogen) atoms. The first-order valence-electron chi connectivity index (χ1n) is 3.30. The van der Waals surface area contributed by atoms with Gasteiger partial charge in [-0.25, -0.2) is 0 Å². The van der Waals surface area contributed by atoms with Gasteiger partial charge >= 0.3 is 21.1 Å². The zero-order valence-corrected chi connectivity index (χ0v) is 12.8. The molecule has 2 fully saturated rings. The first kappa shape index (κ1) is 18.8. The maximum atomic E-state index is 5.22. The molecule has 2 saturated carbocycles. The Morgan fingerprint density at radius 1 is 0.727 bits per heavy atom. The summed E-state index contributed by atoms with van der Waals surface area (Å²) >= 11 is 0. The first-order chi connectivity index (χ1) is 3.79. The predicted octanol–water partition coefficient (Wildman–Crippen LogP) is -5.78. The van der Waals surface area contributed by atoms with Crippen molar-refractivity contribution in [2.45, 2.75) is 37.8 Å². The van der Waals surface area contributed by atoms with E-state index in [2.05, 4.69) is 0 Å². The minimum absolute atomic E-state index is 0. The summed E-state index contributed by atoms with van der Waals surface area (Å²) in [5.74, 6) is 0. The van der Waals surface area contributed by atoms with Gasteiger partial charge in [-0.05, 0) is 25.7 Å². The number of rotatable bonds is 0. The third-order valence-corrected chi connectivity index (χ3v) is 1.24. The molecule has 2 aliphatic rings. The molecule has 4 N–H and O–H groups in total. The van der Waals surface area contributed by atoms with Crippen molar-refractivity contribution in [3.8, 4) is 0 Å². The van der Waals surface area contributed by atoms with Crippen LogP contribution in [0.25, 0.3) is 0 Å². The molecule has 0 aromatic rings. The first-order valence-corrected chi connectivity index (χ1v) is 3.30. The van der Waals surface area contributed by atoms with Crippen LogP contribution in [0.15, 0.2) is 0 Å². The molecular weight excluding hydrogens is 549 g/mol. The fourth-order valence-corrected chi connectivity index (χ4v) is 0.192. The summed E-state index contributed by atoms with van der Waals surface area (Å²) in [4.78, 5) is 0. The minimum atomic E-state index is 0. The van der Waals surface area contributed by atoms with Crippen molar-refractivity contribution in [2.24, 2.45) is 11.5 Å². The van der Waals surface area contributed by atoms with Crippen LogP contribution in [-0.4, -0.2) is 12.1 Å². The van der Waals surface area contributed by atoms with Crippen LogP contribution in [0, 0.1) is 0 Å². The second-order valence-corrected chi connectivity index (χ2v) is 2.67. The molecule has 0 spiro atoms. The molecule has 0 unspecified atom stereocenters. The molecule has 2 aliphatic carbocycles. The maximum absolute atomic E-state index is 5.22. The Hall–Kier alpha value is 2.07. The third kappa shape index (κ3) is 18.8. The van der Waals surface area contributed by atoms with Crippen LogP contribution in [0.2, 0.25) is 0 Å². The summed E-state index contributed by atoms with van der Waals surface area (Å²) in [5, 5.41) is 0. The van der Waals surface area contributed by atoms with E-state index >= 15 is 0 Å². The topological polar surface area (TPSA) is 52.0 Å². The van der Waals surface area contributed by atoms with Gasteiger partial charge in [0.25, 0.3) is 0 Å². The summed E-state index contributed by atoms with van der Waals surface area (Å²) in [6.07, 6.45) is 5.06. The normalized spacial score (nSPS) is 19.1. The van der Waals surface area contributed by atoms with E-state index in [9.17, 15) is 0 Å². The molecule has 0 bridgehead atoms. The average molecular weight is 563 g/mol. The summed E-state index contributed by atoms with van der Waals surface area (Å²) in [6, 6.07) is 1.17. The van der Waals surface area contributed by atoms with Crippen LogP contribution >= 0.6 is 0 Å². The summed E-state index contributed by atoms with van der Waals surface area (Å²) < 4.78 is 0. The molecule has 0 saturated heterocycles. The SMILES string of the molecule is NC1CC1.NC1CC1.[I-].[I-].[Pt+2]. The molecular formula is C6H14I2N2Pt. The Balaban J connectivity index is -0.0000000914. The van der Waals surface area contributed by atoms with Gasteiger partial charge in [0, 0.05) is 12.1 Å². The van der Waals surface area contributed by atoms with Gasteiger partial charge in [-0.2, -0.15) is 0 Å². The van der Waals surface area contributed by atoms with Gasteiger partial charge in [0.15, 0.2) is 0 Å². The Bertz CT molecular complexity index is 67.0. The van der Waals surface area contributed by atoms with Gasteiger partial charge in [-0.1, -0.05) is 0 Å². The quantitative estimate of drug-likeness (QED) is 0.289. The van der Waals surface area contributed by atoms with Crippen molar-refractivity contribution < 1.29 is 69.0 Å². The molecule has 0 aromatic carbocycles. The Labute approximate surface area is 117 Å². The molecule has 2 rings (SSSR count). The summed E-state index contributed by atoms with van der Waals surface area (Å²) in [6.45, 7) is 0. The van der Waals surface area contributed by atoms with Crippen LogP contribution < -0.4 is 59.4 Å². The molecule has 2 nitrogen and oxygen atoms in total. The molecule has 0 amide bonds. The number of nitrogens with two attached hydrogens (primary N) is 2. The molecule has 0 radical (unpaired) electrons. The summed E-state index contributed by atoms with van der Waals surface area (Å²) in [5.41, 5.74) is 10.4. The van der Waals surface area contributed by atoms with Gasteiger partial charge in [0.2, 0.25) is 0 Å². The molecule has 0 heterocycles. The smallest absolute Gasteiger partial charge is 1.00 e. The fraction of sp³-hybridized carbons (Fsp3) is 1.00. The van der Waals surface area contributed by atoms with Crippen molar-refractivity contribution in [1.82, 2.24) is 0 Å². The monoisotopic (exact) mass is 563 g/mol. The van der Waals surface area contributed by atoms with Crippen molar-refractivity contribution >= 4 is 0 Å². The molecule has 0 atom stereocenters. The summed E-state index contributed by atoms with van der Waals surface area (Å²) in [7, 11) is 0. The maximum Gasteiger partial charge on any atom is 2.00 e. The Morgan fingerprint density at radius 3 is 0.818 bits per heavy atom. The van der Waals surface area contributed by atoms with E-state index in [0.717, 1.165) is 0 Å². The van der Waals surface area contributed by atoms with Gasteiger partial charge in [0.05, 0.1) is 0 Å². The largest absolute Gasteiger partial charge is 2.00 e. The van der Waals surface area contributed by atoms with Gasteiger partial charge < -0.3 is 59.4 Å². The Kier molecular flexibility index (Phi) is 17.3. The predicted molar refractivity (Wildman–Crippen MR) is 34.4 cm³/mol. The van der Waals surface area contributed by atoms with Crippen LogP contribution in [0.4, 0.5) is 0 Å². The van der Waals surface area contributed by atoms with Crippen LogP contribution in [-0.2, 0) is 21.1 Å². The van der Waals surface area contributed by atoms with Crippen molar-refractivity contribution in [3.05, 3.63) is 0 Å². The van der Waals surface area contributed by atoms with E-state index in [1.165, 1.54) is 25.7 Å². The molecule has 0 aliphatic heterocycles. The fourth-order valence-electron chi connectivity index (χ4n) is 0.192. The van der Waals surface area contributed by atoms with Crippen molar-refractivity contribution in [3.63, 3.8) is 0 Å². The zero-order valence-electron chi connectivity index (χ0n) is 6.21. The Morgan fingerprint density at radius 2 is 0.818 bits per heavy atom. The van der Waals surface area contributed by atoms with Gasteiger partial charge in [0.1, 0.15) is 0 Å². The van der Waals surface area contributed by atoms with E-state index in [1.54, 1.807) is 0 Å². The number of hydrogen-bond acceptors (Lipinski definition) is 2. The standard InChI is InChI=1S/2C3H7N.2HI.Pt/c2*4-3-1-2-3;;;/h2*3H,1-2,4H2;2*1H;/q;;;;+2/p-2. The molecule has 72 valence electrons. The van der Waals surface area contributed by atoms with E-state index in [4.69, 9.17) is 11.5 Å². The van der Waals surface area contributed by atoms with Crippen LogP contribution in [0.3, 0.4) is 0 Å². The zero-order chi connectivity index (χ0) is 5.98. The van der Waals surface area contributed by atoms with E-state index in [-0.39, 0.29) is 69.0 Å². The van der Waals surface area contributed by atoms with Crippen LogP contribution in [0.1, 0.15) is 25.7 Å². The van der Waals surface area contributed by atoms with Crippen LogP contribution in [0.5, 0.6) is 0 Å².